The number of halogens is 2. The third-order valence-electron chi connectivity index (χ3n) is 1.02. The molecule has 0 aliphatic rings. The van der Waals surface area contributed by atoms with Gasteiger partial charge >= 0.3 is 10.7 Å². The van der Waals surface area contributed by atoms with Crippen LogP contribution in [0, 0.1) is 0 Å². The molecule has 70 valence electrons. The summed E-state index contributed by atoms with van der Waals surface area (Å²) < 4.78 is -0.889. The molecule has 1 aromatic rings. The Hall–Kier alpha value is -1.06. The molecule has 3 nitrogen and oxygen atoms in total. The summed E-state index contributed by atoms with van der Waals surface area (Å²) in [6.07, 6.45) is 0. The van der Waals surface area contributed by atoms with Crippen molar-refractivity contribution in [2.45, 2.75) is 0 Å². The van der Waals surface area contributed by atoms with Crippen molar-refractivity contribution in [2.75, 3.05) is 0 Å². The van der Waals surface area contributed by atoms with Crippen LogP contribution in [0.4, 0.5) is 4.79 Å². The molecule has 5 heteroatoms. The molecule has 0 atom stereocenters. The van der Waals surface area contributed by atoms with Gasteiger partial charge in [-0.3, -0.25) is 4.79 Å². The van der Waals surface area contributed by atoms with Crippen LogP contribution in [0.5, 0.6) is 0 Å². The fourth-order valence-corrected chi connectivity index (χ4v) is 0.581. The van der Waals surface area contributed by atoms with Gasteiger partial charge < -0.3 is 5.11 Å². The second-order valence-corrected chi connectivity index (χ2v) is 2.78. The second-order valence-electron chi connectivity index (χ2n) is 1.90. The van der Waals surface area contributed by atoms with Crippen molar-refractivity contribution in [3.8, 4) is 0 Å². The fourth-order valence-electron chi connectivity index (χ4n) is 0.581. The van der Waals surface area contributed by atoms with Crippen LogP contribution >= 0.6 is 23.2 Å². The van der Waals surface area contributed by atoms with Crippen LogP contribution in [0.3, 0.4) is 0 Å². The molecule has 1 N–H and O–H groups in total. The minimum Gasteiger partial charge on any atom is -0.478 e. The average Bonchev–Trinajstić information content (AvgIpc) is 2.05. The number of carbonyl (C=O) groups excluding carboxylic acids is 1. The highest BCUT2D eigenvalue weighted by Crippen LogP contribution is 1.96. The molecule has 0 saturated carbocycles. The van der Waals surface area contributed by atoms with Gasteiger partial charge in [-0.25, -0.2) is 4.79 Å². The number of rotatable bonds is 1. The molecule has 0 bridgehead atoms. The third-order valence-corrected chi connectivity index (χ3v) is 1.02. The number of hydrogen-bond donors (Lipinski definition) is 1. The first-order chi connectivity index (χ1) is 6.04. The van der Waals surface area contributed by atoms with Gasteiger partial charge in [-0.05, 0) is 35.3 Å². The van der Waals surface area contributed by atoms with E-state index in [9.17, 15) is 4.79 Å². The molecule has 0 radical (unpaired) electrons. The van der Waals surface area contributed by atoms with E-state index in [-0.39, 0.29) is 0 Å². The molecule has 13 heavy (non-hydrogen) atoms. The Kier molecular flexibility index (Phi) is 5.93. The predicted molar refractivity (Wildman–Crippen MR) is 50.5 cm³/mol. The van der Waals surface area contributed by atoms with E-state index in [1.165, 1.54) is 0 Å². The molecule has 0 unspecified atom stereocenters. The highest BCUT2D eigenvalue weighted by Gasteiger charge is 1.96. The molecule has 0 aliphatic heterocycles. The van der Waals surface area contributed by atoms with Crippen molar-refractivity contribution in [1.82, 2.24) is 0 Å². The van der Waals surface area contributed by atoms with E-state index in [1.54, 1.807) is 30.3 Å². The minimum atomic E-state index is -0.889. The number of carbonyl (C=O) groups is 2. The first-order valence-electron chi connectivity index (χ1n) is 3.17. The van der Waals surface area contributed by atoms with E-state index in [2.05, 4.69) is 23.2 Å². The van der Waals surface area contributed by atoms with Crippen LogP contribution in [0.2, 0.25) is 0 Å². The normalized spacial score (nSPS) is 8.15. The van der Waals surface area contributed by atoms with Gasteiger partial charge in [-0.15, -0.1) is 0 Å². The van der Waals surface area contributed by atoms with Crippen molar-refractivity contribution in [3.05, 3.63) is 35.9 Å². The van der Waals surface area contributed by atoms with E-state index in [0.717, 1.165) is 0 Å². The van der Waals surface area contributed by atoms with Crippen LogP contribution < -0.4 is 0 Å². The Labute approximate surface area is 84.9 Å². The zero-order valence-corrected chi connectivity index (χ0v) is 7.92. The predicted octanol–water partition coefficient (Wildman–Crippen LogP) is 2.97. The summed E-state index contributed by atoms with van der Waals surface area (Å²) in [5.74, 6) is -0.879. The van der Waals surface area contributed by atoms with Gasteiger partial charge in [-0.2, -0.15) is 0 Å². The van der Waals surface area contributed by atoms with Gasteiger partial charge in [0.15, 0.2) is 0 Å². The zero-order valence-electron chi connectivity index (χ0n) is 6.41. The lowest BCUT2D eigenvalue weighted by molar-refractivity contribution is 0.0697. The molecular formula is C8H6Cl2O3. The quantitative estimate of drug-likeness (QED) is 0.741. The van der Waals surface area contributed by atoms with Crippen molar-refractivity contribution >= 4 is 33.9 Å². The van der Waals surface area contributed by atoms with Crippen LogP contribution in [0.1, 0.15) is 10.4 Å². The third kappa shape index (κ3) is 7.31. The monoisotopic (exact) mass is 220 g/mol. The molecule has 0 spiro atoms. The van der Waals surface area contributed by atoms with Gasteiger partial charge in [0, 0.05) is 0 Å². The average molecular weight is 221 g/mol. The van der Waals surface area contributed by atoms with Crippen molar-refractivity contribution in [2.24, 2.45) is 0 Å². The summed E-state index contributed by atoms with van der Waals surface area (Å²) >= 11 is 8.80. The number of carboxylic acids is 1. The molecule has 0 aliphatic carbocycles. The molecule has 1 aromatic carbocycles. The van der Waals surface area contributed by atoms with Crippen molar-refractivity contribution in [3.63, 3.8) is 0 Å². The maximum atomic E-state index is 10.2. The highest BCUT2D eigenvalue weighted by molar-refractivity contribution is 6.93. The Morgan fingerprint density at radius 3 is 1.69 bits per heavy atom. The Balaban J connectivity index is 0.000000310. The molecule has 0 fully saturated rings. The summed E-state index contributed by atoms with van der Waals surface area (Å²) in [4.78, 5) is 19.2. The standard InChI is InChI=1S/C7H6O2.CCl2O/c8-7(9)6-4-2-1-3-5-6;2-1(3)4/h1-5H,(H,8,9);. The molecule has 0 saturated heterocycles. The van der Waals surface area contributed by atoms with E-state index < -0.39 is 10.7 Å². The molecule has 0 amide bonds. The summed E-state index contributed by atoms with van der Waals surface area (Å²) in [6, 6.07) is 8.30. The topological polar surface area (TPSA) is 54.4 Å². The molecule has 1 rings (SSSR count). The number of benzene rings is 1. The van der Waals surface area contributed by atoms with Crippen LogP contribution in [0.25, 0.3) is 0 Å². The Bertz CT molecular complexity index is 281. The maximum absolute atomic E-state index is 10.2. The van der Waals surface area contributed by atoms with Crippen LogP contribution in [-0.4, -0.2) is 15.8 Å². The van der Waals surface area contributed by atoms with Gasteiger partial charge in [0.05, 0.1) is 5.56 Å². The molecule has 0 aromatic heterocycles. The lowest BCUT2D eigenvalue weighted by Gasteiger charge is -1.88. The smallest absolute Gasteiger partial charge is 0.335 e. The zero-order chi connectivity index (χ0) is 10.3. The van der Waals surface area contributed by atoms with Gasteiger partial charge in [0.25, 0.3) is 0 Å². The largest absolute Gasteiger partial charge is 0.478 e. The summed E-state index contributed by atoms with van der Waals surface area (Å²) in [5.41, 5.74) is 0.331. The van der Waals surface area contributed by atoms with E-state index in [0.29, 0.717) is 5.56 Å². The van der Waals surface area contributed by atoms with E-state index in [1.807, 2.05) is 0 Å². The van der Waals surface area contributed by atoms with Crippen LogP contribution in [-0.2, 0) is 0 Å². The fraction of sp³-hybridized carbons (Fsp3) is 0. The van der Waals surface area contributed by atoms with E-state index >= 15 is 0 Å². The van der Waals surface area contributed by atoms with Gasteiger partial charge in [0.1, 0.15) is 0 Å². The van der Waals surface area contributed by atoms with Gasteiger partial charge in [0.2, 0.25) is 0 Å². The van der Waals surface area contributed by atoms with Crippen LogP contribution in [0.15, 0.2) is 30.3 Å². The summed E-state index contributed by atoms with van der Waals surface area (Å²) in [5, 5.41) is 8.38. The number of hydrogen-bond acceptors (Lipinski definition) is 2. The number of carboxylic acid groups (broad SMARTS) is 1. The Morgan fingerprint density at radius 1 is 1.08 bits per heavy atom. The second kappa shape index (κ2) is 6.46. The molecule has 0 heterocycles. The maximum Gasteiger partial charge on any atom is 0.335 e. The summed E-state index contributed by atoms with van der Waals surface area (Å²) in [7, 11) is 0. The lowest BCUT2D eigenvalue weighted by atomic mass is 10.2. The van der Waals surface area contributed by atoms with Gasteiger partial charge in [-0.1, -0.05) is 18.2 Å². The summed E-state index contributed by atoms with van der Waals surface area (Å²) in [6.45, 7) is 0. The highest BCUT2D eigenvalue weighted by atomic mass is 35.5. The van der Waals surface area contributed by atoms with Crippen molar-refractivity contribution < 1.29 is 14.7 Å². The molecular weight excluding hydrogens is 215 g/mol. The Morgan fingerprint density at radius 2 is 1.46 bits per heavy atom. The first-order valence-corrected chi connectivity index (χ1v) is 3.93. The first kappa shape index (κ1) is 11.9. The number of aromatic carboxylic acids is 1. The van der Waals surface area contributed by atoms with E-state index in [4.69, 9.17) is 9.90 Å². The SMILES string of the molecule is O=C(Cl)Cl.O=C(O)c1ccccc1. The lowest BCUT2D eigenvalue weighted by Crippen LogP contribution is -1.93. The van der Waals surface area contributed by atoms with Crippen molar-refractivity contribution in [1.29, 1.82) is 0 Å². The minimum absolute atomic E-state index is 0.331.